The number of carbonyl (C=O) groups excluding carboxylic acids is 1. The molecule has 1 aromatic heterocycles. The number of hydrazone groups is 1. The summed E-state index contributed by atoms with van der Waals surface area (Å²) in [6.45, 7) is 3.75. The van der Waals surface area contributed by atoms with Crippen molar-refractivity contribution in [2.75, 3.05) is 6.61 Å². The zero-order valence-corrected chi connectivity index (χ0v) is 18.5. The number of carbonyl (C=O) groups is 1. The molecule has 0 bridgehead atoms. The van der Waals surface area contributed by atoms with Crippen LogP contribution in [0.2, 0.25) is 0 Å². The van der Waals surface area contributed by atoms with Crippen molar-refractivity contribution < 1.29 is 13.9 Å². The average Bonchev–Trinajstić information content (AvgIpc) is 3.10. The lowest BCUT2D eigenvalue weighted by Gasteiger charge is -2.11. The van der Waals surface area contributed by atoms with Crippen molar-refractivity contribution in [2.24, 2.45) is 5.10 Å². The van der Waals surface area contributed by atoms with Crippen molar-refractivity contribution in [3.05, 3.63) is 74.4 Å². The van der Waals surface area contributed by atoms with E-state index in [1.807, 2.05) is 56.3 Å². The minimum absolute atomic E-state index is 0.122. The minimum Gasteiger partial charge on any atom is -0.483 e. The van der Waals surface area contributed by atoms with Crippen LogP contribution in [0.25, 0.3) is 11.3 Å². The van der Waals surface area contributed by atoms with Gasteiger partial charge in [0, 0.05) is 14.5 Å². The fraction of sp³-hybridized carbons (Fsp3) is 0.143. The van der Waals surface area contributed by atoms with Gasteiger partial charge >= 0.3 is 0 Å². The van der Waals surface area contributed by atoms with E-state index >= 15 is 0 Å². The highest BCUT2D eigenvalue weighted by Gasteiger charge is 2.08. The third-order valence-corrected chi connectivity index (χ3v) is 4.90. The predicted octanol–water partition coefficient (Wildman–Crippen LogP) is 5.62. The number of aryl methyl sites for hydroxylation is 2. The van der Waals surface area contributed by atoms with Crippen LogP contribution in [0.1, 0.15) is 16.9 Å². The van der Waals surface area contributed by atoms with Crippen molar-refractivity contribution in [2.45, 2.75) is 13.8 Å². The molecule has 0 atom stereocenters. The van der Waals surface area contributed by atoms with Crippen LogP contribution in [0.3, 0.4) is 0 Å². The maximum atomic E-state index is 12.0. The van der Waals surface area contributed by atoms with E-state index in [1.165, 1.54) is 6.21 Å². The minimum atomic E-state index is -0.349. The van der Waals surface area contributed by atoms with Gasteiger partial charge in [-0.3, -0.25) is 4.79 Å². The third-order valence-electron chi connectivity index (χ3n) is 3.91. The highest BCUT2D eigenvalue weighted by Crippen LogP contribution is 2.27. The van der Waals surface area contributed by atoms with Crippen LogP contribution in [-0.2, 0) is 4.79 Å². The summed E-state index contributed by atoms with van der Waals surface area (Å²) in [5, 5.41) is 3.92. The molecule has 2 aromatic carbocycles. The molecule has 0 unspecified atom stereocenters. The molecule has 0 spiro atoms. The van der Waals surface area contributed by atoms with Crippen LogP contribution in [0.5, 0.6) is 5.75 Å². The Hall–Kier alpha value is -2.38. The summed E-state index contributed by atoms with van der Waals surface area (Å²) in [6, 6.07) is 15.3. The predicted molar refractivity (Wildman–Crippen MR) is 117 cm³/mol. The van der Waals surface area contributed by atoms with Crippen molar-refractivity contribution in [1.82, 2.24) is 5.43 Å². The van der Waals surface area contributed by atoms with E-state index in [0.29, 0.717) is 11.5 Å². The topological polar surface area (TPSA) is 63.8 Å². The van der Waals surface area contributed by atoms with Crippen molar-refractivity contribution in [1.29, 1.82) is 0 Å². The van der Waals surface area contributed by atoms with Crippen molar-refractivity contribution in [3.63, 3.8) is 0 Å². The van der Waals surface area contributed by atoms with E-state index < -0.39 is 0 Å². The fourth-order valence-electron chi connectivity index (χ4n) is 2.65. The first-order valence-corrected chi connectivity index (χ1v) is 10.1. The van der Waals surface area contributed by atoms with Gasteiger partial charge in [-0.2, -0.15) is 5.10 Å². The molecule has 5 nitrogen and oxygen atoms in total. The quantitative estimate of drug-likeness (QED) is 0.349. The molecule has 0 aliphatic heterocycles. The van der Waals surface area contributed by atoms with E-state index in [4.69, 9.17) is 9.15 Å². The van der Waals surface area contributed by atoms with Crippen LogP contribution in [-0.4, -0.2) is 18.7 Å². The number of rotatable bonds is 6. The standard InChI is InChI=1S/C21H18Br2N2O3/c1-13-9-17(23)10-14(2)21(13)27-12-20(26)25-24-11-18-7-8-19(28-18)15-3-5-16(22)6-4-15/h3-11H,12H2,1-2H3,(H,25,26)/b24-11+. The second-order valence-electron chi connectivity index (χ2n) is 6.16. The van der Waals surface area contributed by atoms with E-state index in [0.717, 1.165) is 31.4 Å². The summed E-state index contributed by atoms with van der Waals surface area (Å²) in [7, 11) is 0. The Morgan fingerprint density at radius 3 is 2.43 bits per heavy atom. The molecule has 1 amide bonds. The first-order chi connectivity index (χ1) is 13.4. The zero-order valence-electron chi connectivity index (χ0n) is 15.3. The summed E-state index contributed by atoms with van der Waals surface area (Å²) in [4.78, 5) is 12.0. The molecular weight excluding hydrogens is 488 g/mol. The van der Waals surface area contributed by atoms with Crippen molar-refractivity contribution in [3.8, 4) is 17.1 Å². The lowest BCUT2D eigenvalue weighted by molar-refractivity contribution is -0.123. The van der Waals surface area contributed by atoms with Gasteiger partial charge in [0.05, 0.1) is 6.21 Å². The largest absolute Gasteiger partial charge is 0.483 e. The SMILES string of the molecule is Cc1cc(Br)cc(C)c1OCC(=O)N/N=C/c1ccc(-c2ccc(Br)cc2)o1. The summed E-state index contributed by atoms with van der Waals surface area (Å²) < 4.78 is 13.3. The lowest BCUT2D eigenvalue weighted by atomic mass is 10.1. The number of furan rings is 1. The first-order valence-electron chi connectivity index (χ1n) is 8.49. The van der Waals surface area contributed by atoms with E-state index in [1.54, 1.807) is 6.07 Å². The van der Waals surface area contributed by atoms with Gasteiger partial charge in [0.2, 0.25) is 0 Å². The molecule has 3 aromatic rings. The Morgan fingerprint density at radius 2 is 1.75 bits per heavy atom. The van der Waals surface area contributed by atoms with Gasteiger partial charge in [-0.1, -0.05) is 44.0 Å². The van der Waals surface area contributed by atoms with Crippen LogP contribution < -0.4 is 10.2 Å². The highest BCUT2D eigenvalue weighted by molar-refractivity contribution is 9.10. The summed E-state index contributed by atoms with van der Waals surface area (Å²) in [5.74, 6) is 1.62. The lowest BCUT2D eigenvalue weighted by Crippen LogP contribution is -2.25. The zero-order chi connectivity index (χ0) is 20.1. The van der Waals surface area contributed by atoms with Gasteiger partial charge in [0.25, 0.3) is 5.91 Å². The molecule has 144 valence electrons. The van der Waals surface area contributed by atoms with E-state index in [-0.39, 0.29) is 12.5 Å². The molecular formula is C21H18Br2N2O3. The number of benzene rings is 2. The monoisotopic (exact) mass is 504 g/mol. The van der Waals surface area contributed by atoms with Crippen LogP contribution >= 0.6 is 31.9 Å². The first kappa shape index (κ1) is 20.4. The maximum Gasteiger partial charge on any atom is 0.277 e. The molecule has 1 heterocycles. The Labute approximate surface area is 180 Å². The number of halogens is 2. The molecule has 0 saturated carbocycles. The van der Waals surface area contributed by atoms with Crippen LogP contribution in [0.4, 0.5) is 0 Å². The highest BCUT2D eigenvalue weighted by atomic mass is 79.9. The normalized spacial score (nSPS) is 11.0. The second-order valence-corrected chi connectivity index (χ2v) is 7.99. The van der Waals surface area contributed by atoms with Crippen LogP contribution in [0.15, 0.2) is 67.0 Å². The Morgan fingerprint density at radius 1 is 1.07 bits per heavy atom. The van der Waals surface area contributed by atoms with E-state index in [2.05, 4.69) is 42.4 Å². The number of hydrogen-bond donors (Lipinski definition) is 1. The molecule has 28 heavy (non-hydrogen) atoms. The van der Waals surface area contributed by atoms with E-state index in [9.17, 15) is 4.79 Å². The fourth-order valence-corrected chi connectivity index (χ4v) is 3.61. The second kappa shape index (κ2) is 9.21. The van der Waals surface area contributed by atoms with Gasteiger partial charge in [-0.25, -0.2) is 5.43 Å². The molecule has 0 saturated heterocycles. The number of amides is 1. The van der Waals surface area contributed by atoms with Gasteiger partial charge in [-0.15, -0.1) is 0 Å². The Balaban J connectivity index is 1.54. The molecule has 1 N–H and O–H groups in total. The number of ether oxygens (including phenoxy) is 1. The maximum absolute atomic E-state index is 12.0. The molecule has 0 radical (unpaired) electrons. The third kappa shape index (κ3) is 5.33. The van der Waals surface area contributed by atoms with Gasteiger partial charge in [0.15, 0.2) is 6.61 Å². The molecule has 0 aliphatic rings. The van der Waals surface area contributed by atoms with Gasteiger partial charge in [0.1, 0.15) is 17.3 Å². The number of nitrogens with zero attached hydrogens (tertiary/aromatic N) is 1. The Bertz CT molecular complexity index is 988. The number of nitrogens with one attached hydrogen (secondary N) is 1. The summed E-state index contributed by atoms with van der Waals surface area (Å²) in [5.41, 5.74) is 5.31. The molecule has 3 rings (SSSR count). The van der Waals surface area contributed by atoms with Crippen molar-refractivity contribution >= 4 is 44.0 Å². The van der Waals surface area contributed by atoms with Gasteiger partial charge < -0.3 is 9.15 Å². The average molecular weight is 506 g/mol. The van der Waals surface area contributed by atoms with Crippen LogP contribution in [0, 0.1) is 13.8 Å². The number of hydrogen-bond acceptors (Lipinski definition) is 4. The summed E-state index contributed by atoms with van der Waals surface area (Å²) in [6.07, 6.45) is 1.45. The smallest absolute Gasteiger partial charge is 0.277 e. The Kier molecular flexibility index (Phi) is 6.70. The van der Waals surface area contributed by atoms with Gasteiger partial charge in [-0.05, 0) is 61.4 Å². The molecule has 0 aliphatic carbocycles. The molecule has 0 fully saturated rings. The molecule has 7 heteroatoms. The summed E-state index contributed by atoms with van der Waals surface area (Å²) >= 11 is 6.84.